The first-order chi connectivity index (χ1) is 15.6. The summed E-state index contributed by atoms with van der Waals surface area (Å²) < 4.78 is 27.4. The Morgan fingerprint density at radius 1 is 1.24 bits per heavy atom. The zero-order chi connectivity index (χ0) is 24.1. The molecule has 3 rings (SSSR count). The second-order valence-corrected chi connectivity index (χ2v) is 8.92. The van der Waals surface area contributed by atoms with Crippen LogP contribution in [0.15, 0.2) is 23.3 Å². The molecule has 2 aromatic rings. The number of hydrogen-bond acceptors (Lipinski definition) is 5. The van der Waals surface area contributed by atoms with Crippen LogP contribution >= 0.6 is 11.6 Å². The molecule has 1 aromatic carbocycles. The Balaban J connectivity index is 1.82. The van der Waals surface area contributed by atoms with E-state index in [4.69, 9.17) is 23.1 Å². The van der Waals surface area contributed by atoms with E-state index in [1.54, 1.807) is 6.20 Å². The number of rotatable bonds is 7. The molecule has 1 heterocycles. The fourth-order valence-corrected chi connectivity index (χ4v) is 4.09. The highest BCUT2D eigenvalue weighted by Gasteiger charge is 2.26. The lowest BCUT2D eigenvalue weighted by atomic mass is 9.79. The van der Waals surface area contributed by atoms with E-state index in [0.29, 0.717) is 35.7 Å². The van der Waals surface area contributed by atoms with Crippen molar-refractivity contribution in [3.8, 4) is 0 Å². The summed E-state index contributed by atoms with van der Waals surface area (Å²) in [5, 5.41) is 5.88. The van der Waals surface area contributed by atoms with Gasteiger partial charge in [0.25, 0.3) is 0 Å². The molecule has 8 nitrogen and oxygen atoms in total. The Morgan fingerprint density at radius 2 is 1.94 bits per heavy atom. The Hall–Kier alpha value is -3.01. The molecule has 0 aliphatic heterocycles. The minimum Gasteiger partial charge on any atom is -0.369 e. The zero-order valence-electron chi connectivity index (χ0n) is 18.5. The molecular weight excluding hydrogens is 452 g/mol. The van der Waals surface area contributed by atoms with Gasteiger partial charge in [0.05, 0.1) is 22.6 Å². The van der Waals surface area contributed by atoms with E-state index in [0.717, 1.165) is 31.7 Å². The van der Waals surface area contributed by atoms with Crippen LogP contribution in [0, 0.1) is 23.5 Å². The fraction of sp³-hybridized carbons (Fsp3) is 0.455. The van der Waals surface area contributed by atoms with Gasteiger partial charge >= 0.3 is 0 Å². The number of primary amides is 1. The molecule has 11 heteroatoms. The number of hydrogen-bond donors (Lipinski definition) is 4. The minimum atomic E-state index is -0.927. The molecule has 0 saturated heterocycles. The predicted molar refractivity (Wildman–Crippen MR) is 125 cm³/mol. The zero-order valence-corrected chi connectivity index (χ0v) is 19.3. The van der Waals surface area contributed by atoms with Gasteiger partial charge in [0.1, 0.15) is 11.5 Å². The van der Waals surface area contributed by atoms with Crippen LogP contribution in [-0.4, -0.2) is 27.9 Å². The molecule has 0 bridgehead atoms. The van der Waals surface area contributed by atoms with Crippen molar-refractivity contribution in [2.75, 3.05) is 10.6 Å². The first-order valence-corrected chi connectivity index (χ1v) is 11.2. The SMILES string of the molecule is CC(C)Nc1ncc(NC(N)=Nc2c(F)cc(F)cc2Cl)c(CC2CCC(C(N)=O)CC2)n1. The Labute approximate surface area is 196 Å². The van der Waals surface area contributed by atoms with Crippen molar-refractivity contribution in [2.24, 2.45) is 28.3 Å². The largest absolute Gasteiger partial charge is 0.369 e. The summed E-state index contributed by atoms with van der Waals surface area (Å²) in [6.07, 6.45) is 5.40. The fourth-order valence-electron chi connectivity index (χ4n) is 3.86. The molecule has 1 saturated carbocycles. The van der Waals surface area contributed by atoms with Gasteiger partial charge in [-0.05, 0) is 57.9 Å². The van der Waals surface area contributed by atoms with Crippen LogP contribution in [0.25, 0.3) is 0 Å². The van der Waals surface area contributed by atoms with Gasteiger partial charge in [-0.1, -0.05) is 11.6 Å². The summed E-state index contributed by atoms with van der Waals surface area (Å²) in [6.45, 7) is 3.96. The first-order valence-electron chi connectivity index (χ1n) is 10.8. The van der Waals surface area contributed by atoms with Crippen molar-refractivity contribution in [3.63, 3.8) is 0 Å². The van der Waals surface area contributed by atoms with Crippen LogP contribution in [-0.2, 0) is 11.2 Å². The van der Waals surface area contributed by atoms with E-state index in [2.05, 4.69) is 25.6 Å². The van der Waals surface area contributed by atoms with Crippen LogP contribution in [0.2, 0.25) is 5.02 Å². The molecule has 0 radical (unpaired) electrons. The van der Waals surface area contributed by atoms with Crippen LogP contribution in [0.3, 0.4) is 0 Å². The van der Waals surface area contributed by atoms with Crippen LogP contribution in [0.1, 0.15) is 45.2 Å². The van der Waals surface area contributed by atoms with E-state index in [1.807, 2.05) is 13.8 Å². The number of nitrogens with one attached hydrogen (secondary N) is 2. The second kappa shape index (κ2) is 10.7. The third kappa shape index (κ3) is 6.74. The van der Waals surface area contributed by atoms with Crippen molar-refractivity contribution < 1.29 is 13.6 Å². The molecule has 1 fully saturated rings. The van der Waals surface area contributed by atoms with E-state index in [-0.39, 0.29) is 34.5 Å². The van der Waals surface area contributed by atoms with Gasteiger partial charge < -0.3 is 22.1 Å². The number of aliphatic imine (C=N–C) groups is 1. The lowest BCUT2D eigenvalue weighted by Gasteiger charge is -2.27. The topological polar surface area (TPSA) is 131 Å². The van der Waals surface area contributed by atoms with Gasteiger partial charge in [0.2, 0.25) is 11.9 Å². The summed E-state index contributed by atoms with van der Waals surface area (Å²) in [7, 11) is 0. The number of aromatic nitrogens is 2. The summed E-state index contributed by atoms with van der Waals surface area (Å²) >= 11 is 5.91. The number of anilines is 2. The molecule has 0 atom stereocenters. The third-order valence-corrected chi connectivity index (χ3v) is 5.78. The van der Waals surface area contributed by atoms with E-state index in [9.17, 15) is 13.6 Å². The van der Waals surface area contributed by atoms with E-state index in [1.165, 1.54) is 0 Å². The number of benzene rings is 1. The van der Waals surface area contributed by atoms with Gasteiger partial charge in [-0.25, -0.2) is 23.7 Å². The van der Waals surface area contributed by atoms with Gasteiger partial charge in [0, 0.05) is 18.0 Å². The predicted octanol–water partition coefficient (Wildman–Crippen LogP) is 4.12. The number of halogens is 3. The maximum absolute atomic E-state index is 14.1. The van der Waals surface area contributed by atoms with Gasteiger partial charge in [-0.15, -0.1) is 0 Å². The average Bonchev–Trinajstić information content (AvgIpc) is 2.72. The number of nitrogens with zero attached hydrogens (tertiary/aromatic N) is 3. The number of amides is 1. The standard InChI is InChI=1S/C22H28ClF2N7O/c1-11(2)29-22-28-10-18(17(31-22)7-12-3-5-13(6-4-12)20(26)33)30-21(27)32-19-15(23)8-14(24)9-16(19)25/h8-13H,3-7H2,1-2H3,(H2,26,33)(H3,27,30,32)(H,28,29,31). The van der Waals surface area contributed by atoms with Crippen molar-refractivity contribution in [1.29, 1.82) is 0 Å². The molecule has 0 unspecified atom stereocenters. The second-order valence-electron chi connectivity index (χ2n) is 8.52. The normalized spacial score (nSPS) is 18.9. The first kappa shape index (κ1) is 24.6. The highest BCUT2D eigenvalue weighted by atomic mass is 35.5. The minimum absolute atomic E-state index is 0.0828. The van der Waals surface area contributed by atoms with E-state index < -0.39 is 11.6 Å². The summed E-state index contributed by atoms with van der Waals surface area (Å²) in [6, 6.07) is 1.78. The van der Waals surface area contributed by atoms with Crippen LogP contribution in [0.4, 0.5) is 26.1 Å². The van der Waals surface area contributed by atoms with Crippen LogP contribution < -0.4 is 22.1 Å². The van der Waals surface area contributed by atoms with Crippen LogP contribution in [0.5, 0.6) is 0 Å². The highest BCUT2D eigenvalue weighted by molar-refractivity contribution is 6.33. The molecular formula is C22H28ClF2N7O. The van der Waals surface area contributed by atoms with Crippen molar-refractivity contribution in [2.45, 2.75) is 52.0 Å². The molecule has 0 spiro atoms. The van der Waals surface area contributed by atoms with Gasteiger partial charge in [0.15, 0.2) is 11.8 Å². The molecule has 1 aromatic heterocycles. The quantitative estimate of drug-likeness (QED) is 0.349. The lowest BCUT2D eigenvalue weighted by molar-refractivity contribution is -0.122. The summed E-state index contributed by atoms with van der Waals surface area (Å²) in [5.41, 5.74) is 12.4. The maximum atomic E-state index is 14.1. The summed E-state index contributed by atoms with van der Waals surface area (Å²) in [4.78, 5) is 24.4. The molecule has 1 aliphatic rings. The summed E-state index contributed by atoms with van der Waals surface area (Å²) in [5.74, 6) is -1.43. The average molecular weight is 480 g/mol. The number of carbonyl (C=O) groups is 1. The van der Waals surface area contributed by atoms with Crippen molar-refractivity contribution in [3.05, 3.63) is 40.7 Å². The highest BCUT2D eigenvalue weighted by Crippen LogP contribution is 2.33. The monoisotopic (exact) mass is 479 g/mol. The van der Waals surface area contributed by atoms with Crippen molar-refractivity contribution in [1.82, 2.24) is 9.97 Å². The molecule has 1 aliphatic carbocycles. The number of guanidine groups is 1. The molecule has 6 N–H and O–H groups in total. The Kier molecular flexibility index (Phi) is 8.01. The third-order valence-electron chi connectivity index (χ3n) is 5.49. The number of nitrogens with two attached hydrogens (primary N) is 2. The molecule has 33 heavy (non-hydrogen) atoms. The number of carbonyl (C=O) groups excluding carboxylic acids is 1. The molecule has 178 valence electrons. The maximum Gasteiger partial charge on any atom is 0.223 e. The van der Waals surface area contributed by atoms with E-state index >= 15 is 0 Å². The van der Waals surface area contributed by atoms with Gasteiger partial charge in [-0.2, -0.15) is 0 Å². The Bertz CT molecular complexity index is 1020. The lowest BCUT2D eigenvalue weighted by Crippen LogP contribution is -2.28. The van der Waals surface area contributed by atoms with Crippen molar-refractivity contribution >= 4 is 40.8 Å². The smallest absolute Gasteiger partial charge is 0.223 e. The van der Waals surface area contributed by atoms with Gasteiger partial charge in [-0.3, -0.25) is 4.79 Å². The Morgan fingerprint density at radius 3 is 2.55 bits per heavy atom. The molecule has 1 amide bonds.